The minimum Gasteiger partial charge on any atom is -0.495 e. The van der Waals surface area contributed by atoms with Crippen molar-refractivity contribution in [2.45, 2.75) is 20.4 Å². The number of rotatable bonds is 7. The van der Waals surface area contributed by atoms with Crippen LogP contribution in [-0.4, -0.2) is 28.7 Å². The van der Waals surface area contributed by atoms with Gasteiger partial charge in [-0.2, -0.15) is 5.10 Å². The van der Waals surface area contributed by atoms with Crippen molar-refractivity contribution in [3.63, 3.8) is 0 Å². The number of amides is 2. The van der Waals surface area contributed by atoms with Gasteiger partial charge in [-0.05, 0) is 24.3 Å². The van der Waals surface area contributed by atoms with Gasteiger partial charge in [-0.15, -0.1) is 0 Å². The highest BCUT2D eigenvalue weighted by molar-refractivity contribution is 6.31. The highest BCUT2D eigenvalue weighted by atomic mass is 35.5. The first-order chi connectivity index (χ1) is 15.3. The molecule has 0 saturated heterocycles. The Bertz CT molecular complexity index is 1190. The molecule has 2 aromatic carbocycles. The Morgan fingerprint density at radius 1 is 1.06 bits per heavy atom. The first-order valence-electron chi connectivity index (χ1n) is 9.90. The number of anilines is 2. The van der Waals surface area contributed by atoms with Crippen LogP contribution in [0.15, 0.2) is 59.4 Å². The molecule has 0 saturated carbocycles. The van der Waals surface area contributed by atoms with Crippen LogP contribution in [0.3, 0.4) is 0 Å². The fraction of sp³-hybridized carbons (Fsp3) is 0.217. The van der Waals surface area contributed by atoms with Crippen molar-refractivity contribution >= 4 is 34.8 Å². The van der Waals surface area contributed by atoms with Gasteiger partial charge in [0.2, 0.25) is 11.8 Å². The standard InChI is InChI=1S/C23H23ClN4O4/c1-14(2)22(30)26-19-12-17(15-7-5-4-6-8-15)27-28(23(19)31)13-21(29)25-18-11-16(24)9-10-20(18)32-3/h4-12,14H,13H2,1-3H3,(H,25,29)(H,26,30). The van der Waals surface area contributed by atoms with Gasteiger partial charge in [0.15, 0.2) is 0 Å². The van der Waals surface area contributed by atoms with Gasteiger partial charge in [0.05, 0.1) is 18.5 Å². The minimum atomic E-state index is -0.591. The minimum absolute atomic E-state index is 0.0469. The monoisotopic (exact) mass is 454 g/mol. The van der Waals surface area contributed by atoms with Crippen LogP contribution < -0.4 is 20.9 Å². The largest absolute Gasteiger partial charge is 0.495 e. The second-order valence-electron chi connectivity index (χ2n) is 7.31. The van der Waals surface area contributed by atoms with E-state index < -0.39 is 11.5 Å². The Morgan fingerprint density at radius 2 is 1.78 bits per heavy atom. The third kappa shape index (κ3) is 5.53. The summed E-state index contributed by atoms with van der Waals surface area (Å²) in [5, 5.41) is 10.1. The third-order valence-corrected chi connectivity index (χ3v) is 4.79. The topological polar surface area (TPSA) is 102 Å². The average molecular weight is 455 g/mol. The number of carbonyl (C=O) groups excluding carboxylic acids is 2. The number of hydrogen-bond acceptors (Lipinski definition) is 5. The molecule has 2 N–H and O–H groups in total. The van der Waals surface area contributed by atoms with E-state index >= 15 is 0 Å². The number of carbonyl (C=O) groups is 2. The molecular weight excluding hydrogens is 432 g/mol. The second-order valence-corrected chi connectivity index (χ2v) is 7.75. The van der Waals surface area contributed by atoms with E-state index in [-0.39, 0.29) is 24.1 Å². The molecule has 1 aromatic heterocycles. The normalized spacial score (nSPS) is 10.7. The lowest BCUT2D eigenvalue weighted by atomic mass is 10.1. The lowest BCUT2D eigenvalue weighted by Gasteiger charge is -2.14. The Kier molecular flexibility index (Phi) is 7.27. The Morgan fingerprint density at radius 3 is 2.44 bits per heavy atom. The summed E-state index contributed by atoms with van der Waals surface area (Å²) in [4.78, 5) is 37.8. The van der Waals surface area contributed by atoms with Crippen molar-refractivity contribution in [2.75, 3.05) is 17.7 Å². The van der Waals surface area contributed by atoms with Crippen LogP contribution in [-0.2, 0) is 16.1 Å². The summed E-state index contributed by atoms with van der Waals surface area (Å²) in [7, 11) is 1.47. The Balaban J connectivity index is 1.96. The fourth-order valence-corrected chi connectivity index (χ4v) is 3.04. The molecule has 0 aliphatic heterocycles. The van der Waals surface area contributed by atoms with E-state index in [1.54, 1.807) is 32.0 Å². The number of aromatic nitrogens is 2. The Hall–Kier alpha value is -3.65. The molecular formula is C23H23ClN4O4. The number of nitrogens with one attached hydrogen (secondary N) is 2. The number of halogens is 1. The van der Waals surface area contributed by atoms with Gasteiger partial charge in [0.1, 0.15) is 18.0 Å². The van der Waals surface area contributed by atoms with Crippen LogP contribution in [0.25, 0.3) is 11.3 Å². The van der Waals surface area contributed by atoms with Crippen LogP contribution in [0.5, 0.6) is 5.75 Å². The number of hydrogen-bond donors (Lipinski definition) is 2. The maximum Gasteiger partial charge on any atom is 0.291 e. The third-order valence-electron chi connectivity index (χ3n) is 4.56. The molecule has 0 aliphatic rings. The molecule has 32 heavy (non-hydrogen) atoms. The summed E-state index contributed by atoms with van der Waals surface area (Å²) in [6, 6.07) is 15.5. The van der Waals surface area contributed by atoms with E-state index in [4.69, 9.17) is 16.3 Å². The number of ether oxygens (including phenoxy) is 1. The summed E-state index contributed by atoms with van der Waals surface area (Å²) in [6.07, 6.45) is 0. The van der Waals surface area contributed by atoms with E-state index in [9.17, 15) is 14.4 Å². The van der Waals surface area contributed by atoms with Crippen molar-refractivity contribution in [3.8, 4) is 17.0 Å². The Labute approximate surface area is 190 Å². The van der Waals surface area contributed by atoms with Gasteiger partial charge in [-0.1, -0.05) is 55.8 Å². The van der Waals surface area contributed by atoms with Crippen LogP contribution >= 0.6 is 11.6 Å². The van der Waals surface area contributed by atoms with E-state index in [0.29, 0.717) is 22.2 Å². The van der Waals surface area contributed by atoms with Crippen molar-refractivity contribution in [1.82, 2.24) is 9.78 Å². The van der Waals surface area contributed by atoms with E-state index in [1.807, 2.05) is 30.3 Å². The molecule has 9 heteroatoms. The van der Waals surface area contributed by atoms with Crippen LogP contribution in [0, 0.1) is 5.92 Å². The molecule has 2 amide bonds. The molecule has 1 heterocycles. The first kappa shape index (κ1) is 23.0. The molecule has 0 fully saturated rings. The maximum absolute atomic E-state index is 12.9. The van der Waals surface area contributed by atoms with Crippen LogP contribution in [0.2, 0.25) is 5.02 Å². The molecule has 8 nitrogen and oxygen atoms in total. The maximum atomic E-state index is 12.9. The highest BCUT2D eigenvalue weighted by Crippen LogP contribution is 2.27. The average Bonchev–Trinajstić information content (AvgIpc) is 2.77. The van der Waals surface area contributed by atoms with Gasteiger partial charge >= 0.3 is 0 Å². The zero-order valence-electron chi connectivity index (χ0n) is 17.9. The number of methoxy groups -OCH3 is 1. The van der Waals surface area contributed by atoms with Gasteiger partial charge in [0.25, 0.3) is 5.56 Å². The van der Waals surface area contributed by atoms with Gasteiger partial charge in [-0.3, -0.25) is 14.4 Å². The molecule has 0 unspecified atom stereocenters. The van der Waals surface area contributed by atoms with Crippen molar-refractivity contribution in [2.24, 2.45) is 5.92 Å². The molecule has 0 atom stereocenters. The first-order valence-corrected chi connectivity index (χ1v) is 10.3. The smallest absolute Gasteiger partial charge is 0.291 e. The molecule has 0 radical (unpaired) electrons. The second kappa shape index (κ2) is 10.1. The fourth-order valence-electron chi connectivity index (χ4n) is 2.87. The van der Waals surface area contributed by atoms with Gasteiger partial charge in [-0.25, -0.2) is 4.68 Å². The van der Waals surface area contributed by atoms with Gasteiger partial charge < -0.3 is 15.4 Å². The lowest BCUT2D eigenvalue weighted by Crippen LogP contribution is -2.33. The highest BCUT2D eigenvalue weighted by Gasteiger charge is 2.17. The van der Waals surface area contributed by atoms with Crippen molar-refractivity contribution in [1.29, 1.82) is 0 Å². The summed E-state index contributed by atoms with van der Waals surface area (Å²) < 4.78 is 6.25. The molecule has 3 rings (SSSR count). The van der Waals surface area contributed by atoms with Crippen LogP contribution in [0.1, 0.15) is 13.8 Å². The molecule has 0 aliphatic carbocycles. The molecule has 0 spiro atoms. The molecule has 166 valence electrons. The zero-order valence-corrected chi connectivity index (χ0v) is 18.6. The predicted molar refractivity (Wildman–Crippen MR) is 124 cm³/mol. The van der Waals surface area contributed by atoms with E-state index in [0.717, 1.165) is 10.2 Å². The lowest BCUT2D eigenvalue weighted by molar-refractivity contribution is -0.119. The predicted octanol–water partition coefficient (Wildman–Crippen LogP) is 3.81. The molecule has 3 aromatic rings. The summed E-state index contributed by atoms with van der Waals surface area (Å²) in [5.74, 6) is -0.723. The molecule has 0 bridgehead atoms. The SMILES string of the molecule is COc1ccc(Cl)cc1NC(=O)Cn1nc(-c2ccccc2)cc(NC(=O)C(C)C)c1=O. The van der Waals surface area contributed by atoms with Crippen molar-refractivity contribution in [3.05, 3.63) is 70.0 Å². The summed E-state index contributed by atoms with van der Waals surface area (Å²) in [5.41, 5.74) is 0.999. The quantitative estimate of drug-likeness (QED) is 0.565. The van der Waals surface area contributed by atoms with Gasteiger partial charge in [0, 0.05) is 16.5 Å². The zero-order chi connectivity index (χ0) is 23.3. The van der Waals surface area contributed by atoms with Crippen molar-refractivity contribution < 1.29 is 14.3 Å². The number of benzene rings is 2. The summed E-state index contributed by atoms with van der Waals surface area (Å²) >= 11 is 6.01. The van der Waals surface area contributed by atoms with E-state index in [2.05, 4.69) is 15.7 Å². The van der Waals surface area contributed by atoms with E-state index in [1.165, 1.54) is 13.2 Å². The van der Waals surface area contributed by atoms with Crippen LogP contribution in [0.4, 0.5) is 11.4 Å². The summed E-state index contributed by atoms with van der Waals surface area (Å²) in [6.45, 7) is 3.07. The number of nitrogens with zero attached hydrogens (tertiary/aromatic N) is 2.